The molecular formula is C12H15ClO2. The number of benzene rings is 1. The third-order valence-electron chi connectivity index (χ3n) is 2.31. The Labute approximate surface area is 95.2 Å². The Morgan fingerprint density at radius 2 is 2.13 bits per heavy atom. The molecule has 1 rings (SSSR count). The van der Waals surface area contributed by atoms with E-state index in [9.17, 15) is 4.79 Å². The molecule has 1 aromatic rings. The molecule has 0 N–H and O–H groups in total. The van der Waals surface area contributed by atoms with Crippen molar-refractivity contribution in [1.29, 1.82) is 0 Å². The fourth-order valence-corrected chi connectivity index (χ4v) is 1.72. The maximum atomic E-state index is 11.5. The SMILES string of the molecule is CCOC(=O)C(C)c1ccccc1CCl. The second-order valence-electron chi connectivity index (χ2n) is 3.31. The first-order valence-electron chi connectivity index (χ1n) is 5.01. The van der Waals surface area contributed by atoms with Crippen LogP contribution in [0.4, 0.5) is 0 Å². The lowest BCUT2D eigenvalue weighted by Crippen LogP contribution is -2.14. The highest BCUT2D eigenvalue weighted by Gasteiger charge is 2.18. The molecule has 0 aromatic heterocycles. The topological polar surface area (TPSA) is 26.3 Å². The van der Waals surface area contributed by atoms with Crippen molar-refractivity contribution < 1.29 is 9.53 Å². The summed E-state index contributed by atoms with van der Waals surface area (Å²) in [4.78, 5) is 11.5. The Balaban J connectivity index is 2.89. The third-order valence-corrected chi connectivity index (χ3v) is 2.59. The monoisotopic (exact) mass is 226 g/mol. The van der Waals surface area contributed by atoms with Gasteiger partial charge in [-0.2, -0.15) is 0 Å². The van der Waals surface area contributed by atoms with E-state index in [1.807, 2.05) is 31.2 Å². The molecule has 1 atom stereocenters. The van der Waals surface area contributed by atoms with Gasteiger partial charge in [0.15, 0.2) is 0 Å². The molecule has 0 bridgehead atoms. The quantitative estimate of drug-likeness (QED) is 0.583. The zero-order chi connectivity index (χ0) is 11.3. The van der Waals surface area contributed by atoms with Crippen molar-refractivity contribution in [2.75, 3.05) is 6.61 Å². The summed E-state index contributed by atoms with van der Waals surface area (Å²) in [6.45, 7) is 4.05. The van der Waals surface area contributed by atoms with Crippen LogP contribution in [-0.4, -0.2) is 12.6 Å². The van der Waals surface area contributed by atoms with Crippen LogP contribution in [0.25, 0.3) is 0 Å². The van der Waals surface area contributed by atoms with E-state index in [-0.39, 0.29) is 11.9 Å². The van der Waals surface area contributed by atoms with E-state index < -0.39 is 0 Å². The number of hydrogen-bond donors (Lipinski definition) is 0. The van der Waals surface area contributed by atoms with E-state index in [2.05, 4.69) is 0 Å². The number of carbonyl (C=O) groups excluding carboxylic acids is 1. The summed E-state index contributed by atoms with van der Waals surface area (Å²) in [5.74, 6) is -0.0325. The number of ether oxygens (including phenoxy) is 1. The molecule has 0 amide bonds. The molecule has 0 saturated heterocycles. The molecule has 2 nitrogen and oxygen atoms in total. The maximum absolute atomic E-state index is 11.5. The number of rotatable bonds is 4. The van der Waals surface area contributed by atoms with Gasteiger partial charge in [-0.15, -0.1) is 11.6 Å². The van der Waals surface area contributed by atoms with Crippen LogP contribution in [0.1, 0.15) is 30.9 Å². The summed E-state index contributed by atoms with van der Waals surface area (Å²) in [6.07, 6.45) is 0. The number of alkyl halides is 1. The minimum Gasteiger partial charge on any atom is -0.466 e. The first-order chi connectivity index (χ1) is 7.20. The average Bonchev–Trinajstić information content (AvgIpc) is 2.28. The van der Waals surface area contributed by atoms with Gasteiger partial charge in [-0.05, 0) is 25.0 Å². The summed E-state index contributed by atoms with van der Waals surface area (Å²) < 4.78 is 4.98. The molecule has 0 fully saturated rings. The van der Waals surface area contributed by atoms with E-state index in [0.29, 0.717) is 12.5 Å². The second kappa shape index (κ2) is 5.76. The normalized spacial score (nSPS) is 12.2. The van der Waals surface area contributed by atoms with Gasteiger partial charge in [-0.25, -0.2) is 0 Å². The Bertz CT molecular complexity index is 336. The third kappa shape index (κ3) is 2.96. The number of carbonyl (C=O) groups is 1. The summed E-state index contributed by atoms with van der Waals surface area (Å²) in [7, 11) is 0. The van der Waals surface area contributed by atoms with Gasteiger partial charge in [-0.3, -0.25) is 4.79 Å². The lowest BCUT2D eigenvalue weighted by Gasteiger charge is -2.13. The summed E-state index contributed by atoms with van der Waals surface area (Å²) in [5.41, 5.74) is 1.94. The fourth-order valence-electron chi connectivity index (χ4n) is 1.47. The van der Waals surface area contributed by atoms with Crippen molar-refractivity contribution in [2.24, 2.45) is 0 Å². The smallest absolute Gasteiger partial charge is 0.313 e. The van der Waals surface area contributed by atoms with E-state index in [4.69, 9.17) is 16.3 Å². The predicted molar refractivity (Wildman–Crippen MR) is 61.0 cm³/mol. The Morgan fingerprint density at radius 1 is 1.47 bits per heavy atom. The van der Waals surface area contributed by atoms with E-state index >= 15 is 0 Å². The number of halogens is 1. The highest BCUT2D eigenvalue weighted by Crippen LogP contribution is 2.22. The molecule has 15 heavy (non-hydrogen) atoms. The van der Waals surface area contributed by atoms with Gasteiger partial charge in [0.25, 0.3) is 0 Å². The zero-order valence-corrected chi connectivity index (χ0v) is 9.75. The van der Waals surface area contributed by atoms with Crippen molar-refractivity contribution in [3.63, 3.8) is 0 Å². The van der Waals surface area contributed by atoms with Crippen LogP contribution in [0.5, 0.6) is 0 Å². The van der Waals surface area contributed by atoms with Crippen LogP contribution in [0, 0.1) is 0 Å². The highest BCUT2D eigenvalue weighted by molar-refractivity contribution is 6.17. The van der Waals surface area contributed by atoms with Crippen LogP contribution in [0.2, 0.25) is 0 Å². The summed E-state index contributed by atoms with van der Waals surface area (Å²) in [6, 6.07) is 7.66. The Kier molecular flexibility index (Phi) is 4.63. The molecule has 0 heterocycles. The van der Waals surface area contributed by atoms with Gasteiger partial charge < -0.3 is 4.74 Å². The highest BCUT2D eigenvalue weighted by atomic mass is 35.5. The van der Waals surface area contributed by atoms with Crippen molar-refractivity contribution in [3.05, 3.63) is 35.4 Å². The fraction of sp³-hybridized carbons (Fsp3) is 0.417. The predicted octanol–water partition coefficient (Wildman–Crippen LogP) is 3.09. The van der Waals surface area contributed by atoms with Crippen molar-refractivity contribution >= 4 is 17.6 Å². The van der Waals surface area contributed by atoms with E-state index in [1.165, 1.54) is 0 Å². The van der Waals surface area contributed by atoms with Crippen LogP contribution in [0.3, 0.4) is 0 Å². The lowest BCUT2D eigenvalue weighted by molar-refractivity contribution is -0.144. The van der Waals surface area contributed by atoms with Gasteiger partial charge in [0, 0.05) is 5.88 Å². The minimum absolute atomic E-state index is 0.199. The van der Waals surface area contributed by atoms with Crippen LogP contribution in [0.15, 0.2) is 24.3 Å². The molecule has 0 aliphatic rings. The maximum Gasteiger partial charge on any atom is 0.313 e. The average molecular weight is 227 g/mol. The molecule has 1 aromatic carbocycles. The van der Waals surface area contributed by atoms with Crippen molar-refractivity contribution in [2.45, 2.75) is 25.6 Å². The van der Waals surface area contributed by atoms with Crippen LogP contribution >= 0.6 is 11.6 Å². The Hall–Kier alpha value is -1.02. The van der Waals surface area contributed by atoms with Gasteiger partial charge in [0.2, 0.25) is 0 Å². The van der Waals surface area contributed by atoms with E-state index in [0.717, 1.165) is 11.1 Å². The number of hydrogen-bond acceptors (Lipinski definition) is 2. The molecule has 0 saturated carbocycles. The Morgan fingerprint density at radius 3 is 2.73 bits per heavy atom. The minimum atomic E-state index is -0.250. The molecule has 3 heteroatoms. The van der Waals surface area contributed by atoms with E-state index in [1.54, 1.807) is 6.92 Å². The van der Waals surface area contributed by atoms with Gasteiger partial charge in [-0.1, -0.05) is 24.3 Å². The molecule has 1 unspecified atom stereocenters. The molecular weight excluding hydrogens is 212 g/mol. The number of esters is 1. The van der Waals surface area contributed by atoms with Gasteiger partial charge in [0.05, 0.1) is 12.5 Å². The summed E-state index contributed by atoms with van der Waals surface area (Å²) >= 11 is 5.81. The zero-order valence-electron chi connectivity index (χ0n) is 9.00. The lowest BCUT2D eigenvalue weighted by atomic mass is 9.97. The first-order valence-corrected chi connectivity index (χ1v) is 5.54. The first kappa shape index (κ1) is 12.1. The standard InChI is InChI=1S/C12H15ClO2/c1-3-15-12(14)9(2)11-7-5-4-6-10(11)8-13/h4-7,9H,3,8H2,1-2H3. The molecule has 0 radical (unpaired) electrons. The molecule has 0 aliphatic heterocycles. The molecule has 82 valence electrons. The van der Waals surface area contributed by atoms with Gasteiger partial charge >= 0.3 is 5.97 Å². The summed E-state index contributed by atoms with van der Waals surface area (Å²) in [5, 5.41) is 0. The van der Waals surface area contributed by atoms with Crippen LogP contribution in [-0.2, 0) is 15.4 Å². The van der Waals surface area contributed by atoms with Crippen LogP contribution < -0.4 is 0 Å². The van der Waals surface area contributed by atoms with Crippen molar-refractivity contribution in [3.8, 4) is 0 Å². The second-order valence-corrected chi connectivity index (χ2v) is 3.57. The van der Waals surface area contributed by atoms with Crippen molar-refractivity contribution in [1.82, 2.24) is 0 Å². The largest absolute Gasteiger partial charge is 0.466 e. The molecule has 0 aliphatic carbocycles. The molecule has 0 spiro atoms. The van der Waals surface area contributed by atoms with Gasteiger partial charge in [0.1, 0.15) is 0 Å².